The Morgan fingerprint density at radius 3 is 2.78 bits per heavy atom. The molecule has 0 radical (unpaired) electrons. The molecule has 0 saturated carbocycles. The summed E-state index contributed by atoms with van der Waals surface area (Å²) in [6.45, 7) is 0. The summed E-state index contributed by atoms with van der Waals surface area (Å²) in [5.41, 5.74) is 8.09. The van der Waals surface area contributed by atoms with Crippen LogP contribution in [0.25, 0.3) is 0 Å². The first-order valence-electron chi connectivity index (χ1n) is 5.99. The van der Waals surface area contributed by atoms with Gasteiger partial charge in [0.25, 0.3) is 0 Å². The molecule has 2 N–H and O–H groups in total. The molecular formula is C15H14FNO. The predicted molar refractivity (Wildman–Crippen MR) is 67.9 cm³/mol. The van der Waals surface area contributed by atoms with E-state index in [1.54, 1.807) is 6.07 Å². The number of nitrogens with two attached hydrogens (primary N) is 1. The van der Waals surface area contributed by atoms with E-state index in [-0.39, 0.29) is 18.0 Å². The minimum atomic E-state index is -0.312. The van der Waals surface area contributed by atoms with Crippen molar-refractivity contribution in [3.8, 4) is 5.75 Å². The molecule has 1 aliphatic rings. The first kappa shape index (κ1) is 11.2. The summed E-state index contributed by atoms with van der Waals surface area (Å²) >= 11 is 0. The molecule has 0 fully saturated rings. The van der Waals surface area contributed by atoms with E-state index < -0.39 is 0 Å². The van der Waals surface area contributed by atoms with E-state index in [0.29, 0.717) is 0 Å². The average molecular weight is 243 g/mol. The summed E-state index contributed by atoms with van der Waals surface area (Å²) in [7, 11) is 0. The molecule has 1 aliphatic heterocycles. The Balaban J connectivity index is 1.82. The minimum Gasteiger partial charge on any atom is -0.488 e. The van der Waals surface area contributed by atoms with Crippen LogP contribution < -0.4 is 10.5 Å². The first-order valence-corrected chi connectivity index (χ1v) is 5.99. The second-order valence-corrected chi connectivity index (χ2v) is 4.55. The van der Waals surface area contributed by atoms with Crippen molar-refractivity contribution in [2.75, 3.05) is 0 Å². The molecular weight excluding hydrogens is 229 g/mol. The van der Waals surface area contributed by atoms with Gasteiger partial charge in [0.1, 0.15) is 17.7 Å². The molecule has 2 nitrogen and oxygen atoms in total. The second kappa shape index (κ2) is 4.42. The predicted octanol–water partition coefficient (Wildman–Crippen LogP) is 2.83. The lowest BCUT2D eigenvalue weighted by molar-refractivity contribution is 0.199. The maximum atomic E-state index is 13.2. The van der Waals surface area contributed by atoms with Crippen LogP contribution >= 0.6 is 0 Å². The van der Waals surface area contributed by atoms with Gasteiger partial charge in [-0.05, 0) is 29.3 Å². The number of hydrogen-bond donors (Lipinski definition) is 1. The summed E-state index contributed by atoms with van der Waals surface area (Å²) in [6.07, 6.45) is 0.651. The van der Waals surface area contributed by atoms with E-state index in [2.05, 4.69) is 0 Å². The van der Waals surface area contributed by atoms with Gasteiger partial charge < -0.3 is 10.5 Å². The smallest absolute Gasteiger partial charge is 0.123 e. The van der Waals surface area contributed by atoms with Gasteiger partial charge in [-0.15, -0.1) is 0 Å². The molecule has 0 aliphatic carbocycles. The largest absolute Gasteiger partial charge is 0.488 e. The van der Waals surface area contributed by atoms with Gasteiger partial charge in [0, 0.05) is 6.42 Å². The zero-order chi connectivity index (χ0) is 12.5. The van der Waals surface area contributed by atoms with Crippen molar-refractivity contribution >= 4 is 0 Å². The SMILES string of the molecule is NC(c1cccc(F)c1)C1Cc2ccccc2O1. The van der Waals surface area contributed by atoms with Crippen molar-refractivity contribution in [3.05, 3.63) is 65.5 Å². The van der Waals surface area contributed by atoms with Crippen LogP contribution in [0.4, 0.5) is 4.39 Å². The highest BCUT2D eigenvalue weighted by Crippen LogP contribution is 2.33. The molecule has 1 heterocycles. The monoisotopic (exact) mass is 243 g/mol. The third kappa shape index (κ3) is 1.97. The van der Waals surface area contributed by atoms with Gasteiger partial charge in [0.05, 0.1) is 6.04 Å². The third-order valence-corrected chi connectivity index (χ3v) is 3.31. The fourth-order valence-corrected chi connectivity index (χ4v) is 2.34. The zero-order valence-electron chi connectivity index (χ0n) is 9.84. The quantitative estimate of drug-likeness (QED) is 0.880. The minimum absolute atomic E-state index is 0.121. The van der Waals surface area contributed by atoms with Gasteiger partial charge in [-0.2, -0.15) is 0 Å². The molecule has 2 aromatic carbocycles. The molecule has 2 unspecified atom stereocenters. The van der Waals surface area contributed by atoms with Crippen molar-refractivity contribution in [1.82, 2.24) is 0 Å². The molecule has 0 saturated heterocycles. The highest BCUT2D eigenvalue weighted by Gasteiger charge is 2.28. The normalized spacial score (nSPS) is 19.1. The van der Waals surface area contributed by atoms with E-state index in [9.17, 15) is 4.39 Å². The maximum absolute atomic E-state index is 13.2. The van der Waals surface area contributed by atoms with E-state index in [1.807, 2.05) is 30.3 Å². The summed E-state index contributed by atoms with van der Waals surface area (Å²) in [5.74, 6) is 0.618. The van der Waals surface area contributed by atoms with Crippen LogP contribution in [0.2, 0.25) is 0 Å². The van der Waals surface area contributed by atoms with Crippen LogP contribution in [0.1, 0.15) is 17.2 Å². The van der Waals surface area contributed by atoms with E-state index >= 15 is 0 Å². The third-order valence-electron chi connectivity index (χ3n) is 3.31. The number of ether oxygens (including phenoxy) is 1. The Hall–Kier alpha value is -1.87. The van der Waals surface area contributed by atoms with Crippen molar-refractivity contribution in [1.29, 1.82) is 0 Å². The molecule has 0 aromatic heterocycles. The van der Waals surface area contributed by atoms with E-state index in [4.69, 9.17) is 10.5 Å². The van der Waals surface area contributed by atoms with Crippen LogP contribution in [-0.4, -0.2) is 6.10 Å². The van der Waals surface area contributed by atoms with Gasteiger partial charge in [-0.25, -0.2) is 4.39 Å². The Morgan fingerprint density at radius 1 is 1.17 bits per heavy atom. The van der Waals surface area contributed by atoms with E-state index in [0.717, 1.165) is 23.3 Å². The average Bonchev–Trinajstić information content (AvgIpc) is 2.81. The fraction of sp³-hybridized carbons (Fsp3) is 0.200. The second-order valence-electron chi connectivity index (χ2n) is 4.55. The van der Waals surface area contributed by atoms with Crippen LogP contribution in [0.15, 0.2) is 48.5 Å². The maximum Gasteiger partial charge on any atom is 0.123 e. The van der Waals surface area contributed by atoms with Crippen molar-refractivity contribution in [2.24, 2.45) is 5.73 Å². The lowest BCUT2D eigenvalue weighted by Gasteiger charge is -2.19. The summed E-state index contributed by atoms with van der Waals surface area (Å²) in [6, 6.07) is 14.0. The number of benzene rings is 2. The van der Waals surface area contributed by atoms with Crippen LogP contribution in [0.3, 0.4) is 0 Å². The number of hydrogen-bond acceptors (Lipinski definition) is 2. The van der Waals surface area contributed by atoms with Crippen LogP contribution in [0, 0.1) is 5.82 Å². The van der Waals surface area contributed by atoms with Crippen molar-refractivity contribution in [2.45, 2.75) is 18.6 Å². The molecule has 3 heteroatoms. The van der Waals surface area contributed by atoms with Gasteiger partial charge >= 0.3 is 0 Å². The van der Waals surface area contributed by atoms with Crippen LogP contribution in [0.5, 0.6) is 5.75 Å². The molecule has 92 valence electrons. The highest BCUT2D eigenvalue weighted by molar-refractivity contribution is 5.38. The molecule has 0 amide bonds. The first-order chi connectivity index (χ1) is 8.74. The molecule has 0 bridgehead atoms. The summed E-state index contributed by atoms with van der Waals surface area (Å²) in [5, 5.41) is 0. The van der Waals surface area contributed by atoms with Gasteiger partial charge in [-0.3, -0.25) is 0 Å². The molecule has 2 atom stereocenters. The summed E-state index contributed by atoms with van der Waals surface area (Å²) < 4.78 is 19.0. The zero-order valence-corrected chi connectivity index (χ0v) is 9.84. The molecule has 2 aromatic rings. The Labute approximate surface area is 105 Å². The van der Waals surface area contributed by atoms with Gasteiger partial charge in [-0.1, -0.05) is 30.3 Å². The lowest BCUT2D eigenvalue weighted by Crippen LogP contribution is -2.30. The standard InChI is InChI=1S/C15H14FNO/c16-12-6-3-5-11(8-12)15(17)14-9-10-4-1-2-7-13(10)18-14/h1-8,14-15H,9,17H2. The van der Waals surface area contributed by atoms with Gasteiger partial charge in [0.15, 0.2) is 0 Å². The summed E-state index contributed by atoms with van der Waals surface area (Å²) in [4.78, 5) is 0. The van der Waals surface area contributed by atoms with Crippen molar-refractivity contribution < 1.29 is 9.13 Å². The highest BCUT2D eigenvalue weighted by atomic mass is 19.1. The number of para-hydroxylation sites is 1. The number of halogens is 1. The molecule has 18 heavy (non-hydrogen) atoms. The lowest BCUT2D eigenvalue weighted by atomic mass is 9.98. The molecule has 0 spiro atoms. The molecule has 3 rings (SSSR count). The van der Waals surface area contributed by atoms with Gasteiger partial charge in [0.2, 0.25) is 0 Å². The fourth-order valence-electron chi connectivity index (χ4n) is 2.34. The number of rotatable bonds is 2. The Bertz CT molecular complexity index is 545. The topological polar surface area (TPSA) is 35.2 Å². The Morgan fingerprint density at radius 2 is 2.00 bits per heavy atom. The van der Waals surface area contributed by atoms with E-state index in [1.165, 1.54) is 12.1 Å². The Kier molecular flexibility index (Phi) is 2.76. The van der Waals surface area contributed by atoms with Crippen LogP contribution in [-0.2, 0) is 6.42 Å². The van der Waals surface area contributed by atoms with Crippen molar-refractivity contribution in [3.63, 3.8) is 0 Å². The number of fused-ring (bicyclic) bond motifs is 1.